The highest BCUT2D eigenvalue weighted by molar-refractivity contribution is 5.78. The lowest BCUT2D eigenvalue weighted by atomic mass is 9.78. The van der Waals surface area contributed by atoms with Crippen molar-refractivity contribution < 1.29 is 4.79 Å². The van der Waals surface area contributed by atoms with Crippen molar-refractivity contribution in [1.29, 1.82) is 0 Å². The molecular weight excluding hydrogens is 224 g/mol. The molecule has 3 heteroatoms. The summed E-state index contributed by atoms with van der Waals surface area (Å²) in [6.45, 7) is 7.12. The molecule has 0 aromatic rings. The number of hydrogen-bond donors (Lipinski definition) is 1. The Kier molecular flexibility index (Phi) is 5.04. The van der Waals surface area contributed by atoms with Gasteiger partial charge in [-0.05, 0) is 37.5 Å². The SMILES string of the molecule is CC(C)C1CCCCC1NCC(=O)N1CCCC1. The minimum Gasteiger partial charge on any atom is -0.342 e. The van der Waals surface area contributed by atoms with E-state index >= 15 is 0 Å². The Hall–Kier alpha value is -0.570. The van der Waals surface area contributed by atoms with Crippen LogP contribution >= 0.6 is 0 Å². The molecule has 1 aliphatic heterocycles. The molecule has 2 fully saturated rings. The monoisotopic (exact) mass is 252 g/mol. The zero-order chi connectivity index (χ0) is 13.0. The van der Waals surface area contributed by atoms with Gasteiger partial charge >= 0.3 is 0 Å². The number of rotatable bonds is 4. The molecule has 1 saturated carbocycles. The highest BCUT2D eigenvalue weighted by atomic mass is 16.2. The maximum Gasteiger partial charge on any atom is 0.236 e. The number of carbonyl (C=O) groups excluding carboxylic acids is 1. The van der Waals surface area contributed by atoms with Gasteiger partial charge in [-0.15, -0.1) is 0 Å². The predicted octanol–water partition coefficient (Wildman–Crippen LogP) is 2.41. The summed E-state index contributed by atoms with van der Waals surface area (Å²) in [5, 5.41) is 3.54. The largest absolute Gasteiger partial charge is 0.342 e. The zero-order valence-corrected chi connectivity index (χ0v) is 12.0. The maximum atomic E-state index is 12.0. The highest BCUT2D eigenvalue weighted by Crippen LogP contribution is 2.30. The van der Waals surface area contributed by atoms with E-state index in [1.165, 1.54) is 38.5 Å². The Bertz CT molecular complexity index is 272. The van der Waals surface area contributed by atoms with Crippen LogP contribution in [-0.4, -0.2) is 36.5 Å². The molecule has 0 aromatic carbocycles. The van der Waals surface area contributed by atoms with E-state index in [1.807, 2.05) is 4.90 Å². The van der Waals surface area contributed by atoms with Crippen LogP contribution in [0.15, 0.2) is 0 Å². The number of amides is 1. The fraction of sp³-hybridized carbons (Fsp3) is 0.933. The van der Waals surface area contributed by atoms with E-state index in [0.717, 1.165) is 24.9 Å². The standard InChI is InChI=1S/C15H28N2O/c1-12(2)13-7-3-4-8-14(13)16-11-15(18)17-9-5-6-10-17/h12-14,16H,3-11H2,1-2H3. The van der Waals surface area contributed by atoms with Crippen LogP contribution in [0.5, 0.6) is 0 Å². The van der Waals surface area contributed by atoms with Crippen LogP contribution in [0.25, 0.3) is 0 Å². The Labute approximate surface area is 111 Å². The van der Waals surface area contributed by atoms with Crippen LogP contribution in [0.3, 0.4) is 0 Å². The lowest BCUT2D eigenvalue weighted by Crippen LogP contribution is -2.46. The van der Waals surface area contributed by atoms with E-state index in [-0.39, 0.29) is 0 Å². The molecule has 0 spiro atoms. The molecule has 3 nitrogen and oxygen atoms in total. The molecule has 2 atom stereocenters. The van der Waals surface area contributed by atoms with E-state index in [4.69, 9.17) is 0 Å². The van der Waals surface area contributed by atoms with Gasteiger partial charge in [0.25, 0.3) is 0 Å². The second kappa shape index (κ2) is 6.55. The van der Waals surface area contributed by atoms with Crippen molar-refractivity contribution in [3.05, 3.63) is 0 Å². The molecule has 0 bridgehead atoms. The van der Waals surface area contributed by atoms with Crippen LogP contribution < -0.4 is 5.32 Å². The molecule has 104 valence electrons. The summed E-state index contributed by atoms with van der Waals surface area (Å²) < 4.78 is 0. The number of carbonyl (C=O) groups is 1. The molecular formula is C15H28N2O. The summed E-state index contributed by atoms with van der Waals surface area (Å²) >= 11 is 0. The van der Waals surface area contributed by atoms with E-state index in [9.17, 15) is 4.79 Å². The first-order chi connectivity index (χ1) is 8.68. The minimum atomic E-state index is 0.306. The third-order valence-corrected chi connectivity index (χ3v) is 4.65. The van der Waals surface area contributed by atoms with Crippen LogP contribution in [0.4, 0.5) is 0 Å². The van der Waals surface area contributed by atoms with Gasteiger partial charge < -0.3 is 10.2 Å². The first-order valence-electron chi connectivity index (χ1n) is 7.69. The lowest BCUT2D eigenvalue weighted by Gasteiger charge is -2.35. The molecule has 1 N–H and O–H groups in total. The van der Waals surface area contributed by atoms with Crippen molar-refractivity contribution in [2.24, 2.45) is 11.8 Å². The second-order valence-corrected chi connectivity index (χ2v) is 6.27. The average Bonchev–Trinajstić information content (AvgIpc) is 2.90. The van der Waals surface area contributed by atoms with Gasteiger partial charge in [0.05, 0.1) is 6.54 Å². The van der Waals surface area contributed by atoms with Gasteiger partial charge in [-0.1, -0.05) is 26.7 Å². The van der Waals surface area contributed by atoms with E-state index < -0.39 is 0 Å². The fourth-order valence-electron chi connectivity index (χ4n) is 3.51. The summed E-state index contributed by atoms with van der Waals surface area (Å²) in [4.78, 5) is 14.0. The molecule has 0 aromatic heterocycles. The number of nitrogens with one attached hydrogen (secondary N) is 1. The smallest absolute Gasteiger partial charge is 0.236 e. The van der Waals surface area contributed by atoms with Gasteiger partial charge in [0, 0.05) is 19.1 Å². The minimum absolute atomic E-state index is 0.306. The zero-order valence-electron chi connectivity index (χ0n) is 12.0. The molecule has 0 radical (unpaired) electrons. The van der Waals surface area contributed by atoms with E-state index in [2.05, 4.69) is 19.2 Å². The van der Waals surface area contributed by atoms with Crippen molar-refractivity contribution in [3.63, 3.8) is 0 Å². The lowest BCUT2D eigenvalue weighted by molar-refractivity contribution is -0.129. The average molecular weight is 252 g/mol. The number of nitrogens with zero attached hydrogens (tertiary/aromatic N) is 1. The first kappa shape index (κ1) is 13.9. The van der Waals surface area contributed by atoms with Crippen molar-refractivity contribution in [1.82, 2.24) is 10.2 Å². The van der Waals surface area contributed by atoms with Crippen LogP contribution in [-0.2, 0) is 4.79 Å². The van der Waals surface area contributed by atoms with Gasteiger partial charge in [-0.25, -0.2) is 0 Å². The summed E-state index contributed by atoms with van der Waals surface area (Å²) in [5.41, 5.74) is 0. The molecule has 2 unspecified atom stereocenters. The van der Waals surface area contributed by atoms with Gasteiger partial charge in [0.1, 0.15) is 0 Å². The Morgan fingerprint density at radius 2 is 1.83 bits per heavy atom. The van der Waals surface area contributed by atoms with E-state index in [0.29, 0.717) is 18.5 Å². The molecule has 1 heterocycles. The number of hydrogen-bond acceptors (Lipinski definition) is 2. The quantitative estimate of drug-likeness (QED) is 0.833. The van der Waals surface area contributed by atoms with Gasteiger partial charge in [-0.3, -0.25) is 4.79 Å². The van der Waals surface area contributed by atoms with Crippen molar-refractivity contribution in [2.45, 2.75) is 58.4 Å². The molecule has 1 aliphatic carbocycles. The Balaban J connectivity index is 1.78. The van der Waals surface area contributed by atoms with Crippen LogP contribution in [0.1, 0.15) is 52.4 Å². The predicted molar refractivity (Wildman–Crippen MR) is 74.4 cm³/mol. The molecule has 18 heavy (non-hydrogen) atoms. The van der Waals surface area contributed by atoms with E-state index in [1.54, 1.807) is 0 Å². The normalized spacial score (nSPS) is 28.9. The van der Waals surface area contributed by atoms with Crippen LogP contribution in [0, 0.1) is 11.8 Å². The summed E-state index contributed by atoms with van der Waals surface area (Å²) in [6.07, 6.45) is 7.62. The summed E-state index contributed by atoms with van der Waals surface area (Å²) in [6, 6.07) is 0.560. The van der Waals surface area contributed by atoms with Crippen molar-refractivity contribution in [2.75, 3.05) is 19.6 Å². The highest BCUT2D eigenvalue weighted by Gasteiger charge is 2.28. The molecule has 2 rings (SSSR count). The number of likely N-dealkylation sites (tertiary alicyclic amines) is 1. The van der Waals surface area contributed by atoms with Crippen LogP contribution in [0.2, 0.25) is 0 Å². The molecule has 2 aliphatic rings. The third kappa shape index (κ3) is 3.47. The van der Waals surface area contributed by atoms with Crippen molar-refractivity contribution in [3.8, 4) is 0 Å². The Morgan fingerprint density at radius 1 is 1.17 bits per heavy atom. The second-order valence-electron chi connectivity index (χ2n) is 6.27. The molecule has 1 saturated heterocycles. The summed E-state index contributed by atoms with van der Waals surface area (Å²) in [5.74, 6) is 1.79. The summed E-state index contributed by atoms with van der Waals surface area (Å²) in [7, 11) is 0. The topological polar surface area (TPSA) is 32.3 Å². The van der Waals surface area contributed by atoms with Gasteiger partial charge in [-0.2, -0.15) is 0 Å². The fourth-order valence-corrected chi connectivity index (χ4v) is 3.51. The van der Waals surface area contributed by atoms with Crippen molar-refractivity contribution >= 4 is 5.91 Å². The Morgan fingerprint density at radius 3 is 2.50 bits per heavy atom. The molecule has 1 amide bonds. The maximum absolute atomic E-state index is 12.0. The van der Waals surface area contributed by atoms with Gasteiger partial charge in [0.15, 0.2) is 0 Å². The first-order valence-corrected chi connectivity index (χ1v) is 7.69. The van der Waals surface area contributed by atoms with Gasteiger partial charge in [0.2, 0.25) is 5.91 Å². The third-order valence-electron chi connectivity index (χ3n) is 4.65.